The van der Waals surface area contributed by atoms with Gasteiger partial charge in [-0.3, -0.25) is 14.9 Å². The maximum atomic E-state index is 12.8. The van der Waals surface area contributed by atoms with E-state index in [2.05, 4.69) is 25.9 Å². The predicted octanol–water partition coefficient (Wildman–Crippen LogP) is 3.75. The van der Waals surface area contributed by atoms with Gasteiger partial charge in [0.15, 0.2) is 11.5 Å². The molecule has 1 aliphatic rings. The molecular weight excluding hydrogens is 440 g/mol. The van der Waals surface area contributed by atoms with Crippen LogP contribution in [0.25, 0.3) is 11.4 Å². The number of amides is 2. The van der Waals surface area contributed by atoms with Gasteiger partial charge in [-0.25, -0.2) is 14.5 Å². The number of carbonyl (C=O) groups excluding carboxylic acids is 2. The van der Waals surface area contributed by atoms with Gasteiger partial charge in [-0.1, -0.05) is 31.4 Å². The van der Waals surface area contributed by atoms with Crippen molar-refractivity contribution in [2.24, 2.45) is 18.9 Å². The van der Waals surface area contributed by atoms with Gasteiger partial charge in [0, 0.05) is 7.05 Å². The van der Waals surface area contributed by atoms with Crippen molar-refractivity contribution in [3.05, 3.63) is 17.8 Å². The summed E-state index contributed by atoms with van der Waals surface area (Å²) in [4.78, 5) is 41.2. The van der Waals surface area contributed by atoms with Crippen LogP contribution in [0.2, 0.25) is 0 Å². The summed E-state index contributed by atoms with van der Waals surface area (Å²) in [6, 6.07) is 3.35. The number of aromatic nitrogens is 4. The van der Waals surface area contributed by atoms with E-state index in [1.807, 2.05) is 13.8 Å². The minimum absolute atomic E-state index is 0.220. The zero-order chi connectivity index (χ0) is 24.8. The third kappa shape index (κ3) is 5.89. The van der Waals surface area contributed by atoms with Crippen LogP contribution in [0.3, 0.4) is 0 Å². The average molecular weight is 473 g/mol. The van der Waals surface area contributed by atoms with Gasteiger partial charge >= 0.3 is 12.1 Å². The van der Waals surface area contributed by atoms with E-state index in [0.717, 1.165) is 25.7 Å². The highest BCUT2D eigenvalue weighted by atomic mass is 16.6. The fraction of sp³-hybridized carbons (Fsp3) is 0.565. The number of nitrogens with zero attached hydrogens (tertiary/aromatic N) is 4. The Labute approximate surface area is 198 Å². The first-order chi connectivity index (χ1) is 16.2. The number of carboxylic acid groups (broad SMARTS) is 1. The lowest BCUT2D eigenvalue weighted by Gasteiger charge is -2.27. The Morgan fingerprint density at radius 1 is 1.21 bits per heavy atom. The molecule has 2 aromatic heterocycles. The second-order valence-corrected chi connectivity index (χ2v) is 8.69. The lowest BCUT2D eigenvalue weighted by molar-refractivity contribution is -0.147. The molecule has 2 heterocycles. The molecule has 184 valence electrons. The molecular formula is C23H32N6O5. The summed E-state index contributed by atoms with van der Waals surface area (Å²) in [5.74, 6) is -2.15. The number of ether oxygens (including phenoxy) is 1. The van der Waals surface area contributed by atoms with Gasteiger partial charge in [0.1, 0.15) is 6.10 Å². The topological polar surface area (TPSA) is 148 Å². The molecule has 2 aromatic rings. The van der Waals surface area contributed by atoms with Crippen LogP contribution in [-0.4, -0.2) is 49.2 Å². The number of carbonyl (C=O) groups is 3. The second-order valence-electron chi connectivity index (χ2n) is 8.69. The van der Waals surface area contributed by atoms with Crippen LogP contribution in [0.15, 0.2) is 12.1 Å². The van der Waals surface area contributed by atoms with Crippen molar-refractivity contribution < 1.29 is 24.2 Å². The SMILES string of the molecule is CCC[C@@H](C)OC(=O)Nc1c(-c2ccc(NC(=O)C3CCCCC3C(=O)O)c(C)n2)nnn1C. The smallest absolute Gasteiger partial charge is 0.413 e. The summed E-state index contributed by atoms with van der Waals surface area (Å²) in [5.41, 5.74) is 1.85. The monoisotopic (exact) mass is 472 g/mol. The van der Waals surface area contributed by atoms with Gasteiger partial charge in [0.2, 0.25) is 5.91 Å². The van der Waals surface area contributed by atoms with Crippen LogP contribution >= 0.6 is 0 Å². The van der Waals surface area contributed by atoms with Crippen molar-refractivity contribution >= 4 is 29.5 Å². The van der Waals surface area contributed by atoms with E-state index in [1.165, 1.54) is 4.68 Å². The van der Waals surface area contributed by atoms with Crippen LogP contribution in [0, 0.1) is 18.8 Å². The third-order valence-corrected chi connectivity index (χ3v) is 6.06. The Morgan fingerprint density at radius 2 is 1.91 bits per heavy atom. The number of nitrogens with one attached hydrogen (secondary N) is 2. The molecule has 34 heavy (non-hydrogen) atoms. The van der Waals surface area contributed by atoms with Crippen LogP contribution in [0.4, 0.5) is 16.3 Å². The Kier molecular flexibility index (Phi) is 8.19. The molecule has 1 saturated carbocycles. The molecule has 0 aromatic carbocycles. The summed E-state index contributed by atoms with van der Waals surface area (Å²) in [5, 5.41) is 23.1. The number of hydrogen-bond acceptors (Lipinski definition) is 7. The standard InChI is InChI=1S/C23H32N6O5/c1-5-8-13(2)34-23(33)26-20-19(27-28-29(20)4)18-12-11-17(14(3)24-18)25-21(30)15-9-6-7-10-16(15)22(31)32/h11-13,15-16H,5-10H2,1-4H3,(H,25,30)(H,26,33)(H,31,32)/t13-,15?,16?/m1/s1. The summed E-state index contributed by atoms with van der Waals surface area (Å²) < 4.78 is 6.77. The van der Waals surface area contributed by atoms with Crippen LogP contribution in [0.1, 0.15) is 58.1 Å². The first-order valence-electron chi connectivity index (χ1n) is 11.6. The second kappa shape index (κ2) is 11.1. The molecule has 0 radical (unpaired) electrons. The number of aliphatic carboxylic acids is 1. The summed E-state index contributed by atoms with van der Waals surface area (Å²) >= 11 is 0. The maximum Gasteiger partial charge on any atom is 0.413 e. The van der Waals surface area contributed by atoms with Crippen LogP contribution in [0.5, 0.6) is 0 Å². The first-order valence-corrected chi connectivity index (χ1v) is 11.6. The Balaban J connectivity index is 1.75. The van der Waals surface area contributed by atoms with Crippen molar-refractivity contribution in [1.82, 2.24) is 20.0 Å². The van der Waals surface area contributed by atoms with Crippen LogP contribution < -0.4 is 10.6 Å². The van der Waals surface area contributed by atoms with Gasteiger partial charge in [0.25, 0.3) is 0 Å². The molecule has 1 fully saturated rings. The van der Waals surface area contributed by atoms with Gasteiger partial charge in [-0.15, -0.1) is 5.10 Å². The number of carboxylic acids is 1. The molecule has 2 unspecified atom stereocenters. The summed E-state index contributed by atoms with van der Waals surface area (Å²) in [7, 11) is 1.64. The quantitative estimate of drug-likeness (QED) is 0.526. The molecule has 3 N–H and O–H groups in total. The van der Waals surface area contributed by atoms with E-state index in [1.54, 1.807) is 26.1 Å². The number of rotatable bonds is 8. The minimum atomic E-state index is -0.935. The lowest BCUT2D eigenvalue weighted by atomic mass is 9.78. The predicted molar refractivity (Wildman–Crippen MR) is 125 cm³/mol. The number of hydrogen-bond donors (Lipinski definition) is 3. The molecule has 11 heteroatoms. The highest BCUT2D eigenvalue weighted by molar-refractivity contribution is 5.96. The van der Waals surface area contributed by atoms with E-state index in [-0.39, 0.29) is 12.0 Å². The first kappa shape index (κ1) is 25.1. The van der Waals surface area contributed by atoms with Crippen molar-refractivity contribution in [2.75, 3.05) is 10.6 Å². The third-order valence-electron chi connectivity index (χ3n) is 6.06. The lowest BCUT2D eigenvalue weighted by Crippen LogP contribution is -2.36. The van der Waals surface area contributed by atoms with Gasteiger partial charge in [-0.2, -0.15) is 0 Å². The highest BCUT2D eigenvalue weighted by Gasteiger charge is 2.35. The van der Waals surface area contributed by atoms with Crippen molar-refractivity contribution in [1.29, 1.82) is 0 Å². The van der Waals surface area contributed by atoms with E-state index >= 15 is 0 Å². The molecule has 0 aliphatic heterocycles. The molecule has 11 nitrogen and oxygen atoms in total. The fourth-order valence-electron chi connectivity index (χ4n) is 4.23. The zero-order valence-corrected chi connectivity index (χ0v) is 20.0. The molecule has 1 aliphatic carbocycles. The van der Waals surface area contributed by atoms with Crippen molar-refractivity contribution in [3.8, 4) is 11.4 Å². The van der Waals surface area contributed by atoms with Crippen LogP contribution in [-0.2, 0) is 21.4 Å². The Bertz CT molecular complexity index is 1050. The number of aryl methyl sites for hydroxylation is 2. The molecule has 3 atom stereocenters. The number of pyridine rings is 1. The molecule has 0 bridgehead atoms. The highest BCUT2D eigenvalue weighted by Crippen LogP contribution is 2.32. The zero-order valence-electron chi connectivity index (χ0n) is 20.0. The van der Waals surface area contributed by atoms with E-state index in [0.29, 0.717) is 41.4 Å². The summed E-state index contributed by atoms with van der Waals surface area (Å²) in [6.07, 6.45) is 3.54. The minimum Gasteiger partial charge on any atom is -0.481 e. The molecule has 0 spiro atoms. The maximum absolute atomic E-state index is 12.8. The Hall–Kier alpha value is -3.50. The van der Waals surface area contributed by atoms with E-state index in [4.69, 9.17) is 4.74 Å². The Morgan fingerprint density at radius 3 is 2.56 bits per heavy atom. The largest absolute Gasteiger partial charge is 0.481 e. The van der Waals surface area contributed by atoms with Crippen molar-refractivity contribution in [3.63, 3.8) is 0 Å². The van der Waals surface area contributed by atoms with Gasteiger partial charge < -0.3 is 15.2 Å². The number of anilines is 2. The molecule has 3 rings (SSSR count). The van der Waals surface area contributed by atoms with Crippen molar-refractivity contribution in [2.45, 2.75) is 65.4 Å². The normalized spacial score (nSPS) is 18.7. The van der Waals surface area contributed by atoms with Gasteiger partial charge in [-0.05, 0) is 45.2 Å². The van der Waals surface area contributed by atoms with Gasteiger partial charge in [0.05, 0.1) is 28.9 Å². The van der Waals surface area contributed by atoms with E-state index < -0.39 is 23.9 Å². The average Bonchev–Trinajstić information content (AvgIpc) is 3.15. The van der Waals surface area contributed by atoms with E-state index in [9.17, 15) is 19.5 Å². The molecule has 0 saturated heterocycles. The molecule has 2 amide bonds. The summed E-state index contributed by atoms with van der Waals surface area (Å²) in [6.45, 7) is 5.58. The fourth-order valence-corrected chi connectivity index (χ4v) is 4.23.